The van der Waals surface area contributed by atoms with Crippen molar-refractivity contribution in [2.45, 2.75) is 26.3 Å². The van der Waals surface area contributed by atoms with Crippen LogP contribution in [0.3, 0.4) is 0 Å². The summed E-state index contributed by atoms with van der Waals surface area (Å²) in [7, 11) is 1.57. The average Bonchev–Trinajstić information content (AvgIpc) is 2.48. The van der Waals surface area contributed by atoms with Gasteiger partial charge in [0.05, 0.1) is 7.11 Å². The third-order valence-corrected chi connectivity index (χ3v) is 4.01. The van der Waals surface area contributed by atoms with Crippen molar-refractivity contribution in [2.24, 2.45) is 5.92 Å². The van der Waals surface area contributed by atoms with Crippen molar-refractivity contribution in [1.82, 2.24) is 10.2 Å². The standard InChI is InChI=1S/C16H26N2O2/c1-3-18(12-14-5-4-8-17-10-14)11-13-6-7-16(20-2)15(19)9-13/h6-7,9,14,17,19H,3-5,8,10-12H2,1-2H3. The van der Waals surface area contributed by atoms with Gasteiger partial charge in [0, 0.05) is 13.1 Å². The van der Waals surface area contributed by atoms with Gasteiger partial charge in [-0.1, -0.05) is 13.0 Å². The van der Waals surface area contributed by atoms with Gasteiger partial charge >= 0.3 is 0 Å². The Morgan fingerprint density at radius 3 is 2.90 bits per heavy atom. The molecule has 20 heavy (non-hydrogen) atoms. The van der Waals surface area contributed by atoms with E-state index in [-0.39, 0.29) is 5.75 Å². The Labute approximate surface area is 121 Å². The van der Waals surface area contributed by atoms with E-state index in [0.717, 1.165) is 44.2 Å². The summed E-state index contributed by atoms with van der Waals surface area (Å²) in [5.41, 5.74) is 1.13. The molecule has 112 valence electrons. The van der Waals surface area contributed by atoms with Crippen molar-refractivity contribution >= 4 is 0 Å². The maximum atomic E-state index is 9.84. The van der Waals surface area contributed by atoms with E-state index < -0.39 is 0 Å². The third-order valence-electron chi connectivity index (χ3n) is 4.01. The first-order valence-electron chi connectivity index (χ1n) is 7.52. The van der Waals surface area contributed by atoms with Crippen molar-refractivity contribution in [2.75, 3.05) is 33.3 Å². The predicted octanol–water partition coefficient (Wildman–Crippen LogP) is 2.22. The number of hydrogen-bond acceptors (Lipinski definition) is 4. The second-order valence-corrected chi connectivity index (χ2v) is 5.55. The molecule has 0 radical (unpaired) electrons. The minimum absolute atomic E-state index is 0.223. The van der Waals surface area contributed by atoms with Crippen LogP contribution in [0, 0.1) is 5.92 Å². The van der Waals surface area contributed by atoms with Crippen LogP contribution in [0.5, 0.6) is 11.5 Å². The Morgan fingerprint density at radius 2 is 2.30 bits per heavy atom. The Hall–Kier alpha value is -1.26. The summed E-state index contributed by atoms with van der Waals surface area (Å²) in [4.78, 5) is 2.44. The van der Waals surface area contributed by atoms with Crippen LogP contribution < -0.4 is 10.1 Å². The fourth-order valence-corrected chi connectivity index (χ4v) is 2.84. The van der Waals surface area contributed by atoms with Crippen molar-refractivity contribution in [3.63, 3.8) is 0 Å². The van der Waals surface area contributed by atoms with Gasteiger partial charge in [-0.25, -0.2) is 0 Å². The van der Waals surface area contributed by atoms with E-state index in [9.17, 15) is 5.11 Å². The molecule has 1 aromatic carbocycles. The molecule has 0 spiro atoms. The normalized spacial score (nSPS) is 19.2. The van der Waals surface area contributed by atoms with Crippen molar-refractivity contribution < 1.29 is 9.84 Å². The molecule has 1 aromatic rings. The summed E-state index contributed by atoms with van der Waals surface area (Å²) < 4.78 is 5.08. The number of phenols is 1. The molecule has 0 aromatic heterocycles. The lowest BCUT2D eigenvalue weighted by Gasteiger charge is -2.29. The van der Waals surface area contributed by atoms with Crippen molar-refractivity contribution in [1.29, 1.82) is 0 Å². The molecule has 1 aliphatic rings. The largest absolute Gasteiger partial charge is 0.504 e. The molecular weight excluding hydrogens is 252 g/mol. The summed E-state index contributed by atoms with van der Waals surface area (Å²) in [6.07, 6.45) is 2.60. The molecule has 1 unspecified atom stereocenters. The van der Waals surface area contributed by atoms with E-state index in [1.165, 1.54) is 12.8 Å². The van der Waals surface area contributed by atoms with Gasteiger partial charge in [0.2, 0.25) is 0 Å². The van der Waals surface area contributed by atoms with Gasteiger partial charge in [0.25, 0.3) is 0 Å². The van der Waals surface area contributed by atoms with Crippen LogP contribution in [0.25, 0.3) is 0 Å². The van der Waals surface area contributed by atoms with Crippen LogP contribution >= 0.6 is 0 Å². The smallest absolute Gasteiger partial charge is 0.160 e. The highest BCUT2D eigenvalue weighted by molar-refractivity contribution is 5.41. The van der Waals surface area contributed by atoms with Gasteiger partial charge in [-0.15, -0.1) is 0 Å². The van der Waals surface area contributed by atoms with E-state index in [0.29, 0.717) is 5.75 Å². The lowest BCUT2D eigenvalue weighted by atomic mass is 9.99. The number of rotatable bonds is 6. The molecule has 4 nitrogen and oxygen atoms in total. The van der Waals surface area contributed by atoms with E-state index >= 15 is 0 Å². The summed E-state index contributed by atoms with van der Waals surface area (Å²) in [6, 6.07) is 5.67. The first kappa shape index (κ1) is 15.1. The van der Waals surface area contributed by atoms with Gasteiger partial charge in [0.15, 0.2) is 11.5 Å². The minimum Gasteiger partial charge on any atom is -0.504 e. The predicted molar refractivity (Wildman–Crippen MR) is 81.2 cm³/mol. The summed E-state index contributed by atoms with van der Waals surface area (Å²) in [5, 5.41) is 13.3. The van der Waals surface area contributed by atoms with Crippen LogP contribution in [0.1, 0.15) is 25.3 Å². The molecule has 1 heterocycles. The maximum Gasteiger partial charge on any atom is 0.160 e. The van der Waals surface area contributed by atoms with Crippen LogP contribution in [-0.4, -0.2) is 43.3 Å². The van der Waals surface area contributed by atoms with Crippen molar-refractivity contribution in [3.05, 3.63) is 23.8 Å². The highest BCUT2D eigenvalue weighted by atomic mass is 16.5. The number of piperidine rings is 1. The van der Waals surface area contributed by atoms with Gasteiger partial charge in [0.1, 0.15) is 0 Å². The van der Waals surface area contributed by atoms with E-state index in [1.807, 2.05) is 12.1 Å². The summed E-state index contributed by atoms with van der Waals surface area (Å²) in [6.45, 7) is 7.52. The summed E-state index contributed by atoms with van der Waals surface area (Å²) in [5.74, 6) is 1.50. The fourth-order valence-electron chi connectivity index (χ4n) is 2.84. The minimum atomic E-state index is 0.223. The summed E-state index contributed by atoms with van der Waals surface area (Å²) >= 11 is 0. The van der Waals surface area contributed by atoms with E-state index in [2.05, 4.69) is 17.1 Å². The van der Waals surface area contributed by atoms with Gasteiger partial charge in [-0.3, -0.25) is 4.90 Å². The molecule has 0 aliphatic carbocycles. The van der Waals surface area contributed by atoms with Gasteiger partial charge in [-0.2, -0.15) is 0 Å². The number of phenolic OH excluding ortho intramolecular Hbond substituents is 1. The quantitative estimate of drug-likeness (QED) is 0.837. The second kappa shape index (κ2) is 7.50. The number of nitrogens with zero attached hydrogens (tertiary/aromatic N) is 1. The van der Waals surface area contributed by atoms with E-state index in [1.54, 1.807) is 13.2 Å². The molecule has 4 heteroatoms. The van der Waals surface area contributed by atoms with Crippen LogP contribution in [0.4, 0.5) is 0 Å². The molecule has 1 aliphatic heterocycles. The zero-order valence-electron chi connectivity index (χ0n) is 12.6. The Morgan fingerprint density at radius 1 is 1.45 bits per heavy atom. The number of hydrogen-bond donors (Lipinski definition) is 2. The zero-order chi connectivity index (χ0) is 14.4. The first-order valence-corrected chi connectivity index (χ1v) is 7.52. The van der Waals surface area contributed by atoms with Crippen LogP contribution in [0.15, 0.2) is 18.2 Å². The van der Waals surface area contributed by atoms with Crippen LogP contribution in [-0.2, 0) is 6.54 Å². The maximum absolute atomic E-state index is 9.84. The highest BCUT2D eigenvalue weighted by Crippen LogP contribution is 2.27. The lowest BCUT2D eigenvalue weighted by molar-refractivity contribution is 0.209. The number of aromatic hydroxyl groups is 1. The number of benzene rings is 1. The molecule has 0 saturated carbocycles. The van der Waals surface area contributed by atoms with Crippen molar-refractivity contribution in [3.8, 4) is 11.5 Å². The van der Waals surface area contributed by atoms with Crippen LogP contribution in [0.2, 0.25) is 0 Å². The van der Waals surface area contributed by atoms with Gasteiger partial charge in [-0.05, 0) is 56.1 Å². The lowest BCUT2D eigenvalue weighted by Crippen LogP contribution is -2.38. The highest BCUT2D eigenvalue weighted by Gasteiger charge is 2.16. The number of methoxy groups -OCH3 is 1. The fraction of sp³-hybridized carbons (Fsp3) is 0.625. The zero-order valence-corrected chi connectivity index (χ0v) is 12.6. The molecule has 0 bridgehead atoms. The topological polar surface area (TPSA) is 44.7 Å². The number of ether oxygens (including phenoxy) is 1. The molecule has 2 N–H and O–H groups in total. The van der Waals surface area contributed by atoms with Gasteiger partial charge < -0.3 is 15.2 Å². The molecule has 1 atom stereocenters. The Bertz CT molecular complexity index is 417. The molecule has 1 fully saturated rings. The molecule has 2 rings (SSSR count). The average molecular weight is 278 g/mol. The monoisotopic (exact) mass is 278 g/mol. The Balaban J connectivity index is 1.93. The SMILES string of the molecule is CCN(Cc1ccc(OC)c(O)c1)CC1CCCNC1. The Kier molecular flexibility index (Phi) is 5.68. The molecule has 1 saturated heterocycles. The molecular formula is C16H26N2O2. The third kappa shape index (κ3) is 4.12. The second-order valence-electron chi connectivity index (χ2n) is 5.55. The van der Waals surface area contributed by atoms with E-state index in [4.69, 9.17) is 4.74 Å². The molecule has 0 amide bonds. The first-order chi connectivity index (χ1) is 9.72. The number of nitrogens with one attached hydrogen (secondary N) is 1.